The summed E-state index contributed by atoms with van der Waals surface area (Å²) in [6.07, 6.45) is 6.49. The molecule has 7 nitrogen and oxygen atoms in total. The predicted octanol–water partition coefficient (Wildman–Crippen LogP) is 5.65. The van der Waals surface area contributed by atoms with Gasteiger partial charge in [-0.05, 0) is 48.2 Å². The highest BCUT2D eigenvalue weighted by molar-refractivity contribution is 7.90. The molecule has 1 N–H and O–H groups in total. The van der Waals surface area contributed by atoms with E-state index in [1.54, 1.807) is 12.3 Å². The smallest absolute Gasteiger partial charge is 0.177 e. The van der Waals surface area contributed by atoms with Crippen molar-refractivity contribution < 1.29 is 8.42 Å². The summed E-state index contributed by atoms with van der Waals surface area (Å²) in [6.45, 7) is 0.497. The highest BCUT2D eigenvalue weighted by Gasteiger charge is 2.25. The highest BCUT2D eigenvalue weighted by atomic mass is 32.2. The Labute approximate surface area is 215 Å². The van der Waals surface area contributed by atoms with E-state index in [1.807, 2.05) is 36.4 Å². The van der Waals surface area contributed by atoms with E-state index in [2.05, 4.69) is 40.6 Å². The predicted molar refractivity (Wildman–Crippen MR) is 145 cm³/mol. The standard InChI is InChI=1S/C29H25N5O2S/c1-37(35,36)23-15-21(16-30-18-23)28-33-26-12-6-10-24(19-7-3-2-4-8-19)27(26)29(34-28)31-17-22-9-5-11-25(32-22)20-13-14-20/h2-12,15-16,18,20H,13-14,17H2,1H3,(H,31,33,34). The minimum atomic E-state index is -3.42. The van der Waals surface area contributed by atoms with Crippen molar-refractivity contribution >= 4 is 26.6 Å². The van der Waals surface area contributed by atoms with Crippen LogP contribution in [0.5, 0.6) is 0 Å². The van der Waals surface area contributed by atoms with E-state index in [0.29, 0.717) is 29.7 Å². The second kappa shape index (κ2) is 9.37. The van der Waals surface area contributed by atoms with Gasteiger partial charge in [-0.15, -0.1) is 0 Å². The summed E-state index contributed by atoms with van der Waals surface area (Å²) in [4.78, 5) is 18.8. The van der Waals surface area contributed by atoms with Crippen LogP contribution in [0.4, 0.5) is 5.82 Å². The second-order valence-electron chi connectivity index (χ2n) is 9.32. The van der Waals surface area contributed by atoms with Gasteiger partial charge in [-0.25, -0.2) is 18.4 Å². The summed E-state index contributed by atoms with van der Waals surface area (Å²) in [6, 6.07) is 23.8. The van der Waals surface area contributed by atoms with E-state index in [4.69, 9.17) is 15.0 Å². The van der Waals surface area contributed by atoms with E-state index < -0.39 is 9.84 Å². The van der Waals surface area contributed by atoms with Crippen LogP contribution in [-0.2, 0) is 16.4 Å². The van der Waals surface area contributed by atoms with Crippen LogP contribution in [-0.4, -0.2) is 34.6 Å². The number of nitrogens with one attached hydrogen (secondary N) is 1. The van der Waals surface area contributed by atoms with Crippen molar-refractivity contribution in [3.63, 3.8) is 0 Å². The Bertz CT molecular complexity index is 1720. The van der Waals surface area contributed by atoms with Gasteiger partial charge in [0.15, 0.2) is 15.7 Å². The molecular formula is C29H25N5O2S. The maximum atomic E-state index is 12.1. The minimum absolute atomic E-state index is 0.127. The molecule has 0 atom stereocenters. The Morgan fingerprint density at radius 2 is 1.68 bits per heavy atom. The Morgan fingerprint density at radius 1 is 0.865 bits per heavy atom. The molecule has 5 aromatic rings. The van der Waals surface area contributed by atoms with Gasteiger partial charge in [0, 0.05) is 35.8 Å². The van der Waals surface area contributed by atoms with E-state index >= 15 is 0 Å². The van der Waals surface area contributed by atoms with Crippen molar-refractivity contribution in [1.82, 2.24) is 19.9 Å². The first-order valence-electron chi connectivity index (χ1n) is 12.2. The zero-order chi connectivity index (χ0) is 25.4. The second-order valence-corrected chi connectivity index (χ2v) is 11.3. The van der Waals surface area contributed by atoms with Crippen LogP contribution in [0.25, 0.3) is 33.4 Å². The third kappa shape index (κ3) is 4.93. The van der Waals surface area contributed by atoms with E-state index in [9.17, 15) is 8.42 Å². The molecule has 1 fully saturated rings. The first kappa shape index (κ1) is 23.2. The normalized spacial score (nSPS) is 13.5. The molecule has 0 amide bonds. The Balaban J connectivity index is 1.48. The van der Waals surface area contributed by atoms with Gasteiger partial charge in [0.1, 0.15) is 5.82 Å². The number of hydrogen-bond acceptors (Lipinski definition) is 7. The minimum Gasteiger partial charge on any atom is -0.364 e. The van der Waals surface area contributed by atoms with Crippen LogP contribution < -0.4 is 5.32 Å². The highest BCUT2D eigenvalue weighted by Crippen LogP contribution is 2.39. The molecule has 184 valence electrons. The summed E-state index contributed by atoms with van der Waals surface area (Å²) in [7, 11) is -3.42. The monoisotopic (exact) mass is 507 g/mol. The summed E-state index contributed by atoms with van der Waals surface area (Å²) in [5, 5.41) is 4.40. The van der Waals surface area contributed by atoms with Crippen LogP contribution in [0.1, 0.15) is 30.1 Å². The Hall–Kier alpha value is -4.17. The van der Waals surface area contributed by atoms with Gasteiger partial charge in [-0.1, -0.05) is 48.5 Å². The van der Waals surface area contributed by atoms with Crippen LogP contribution >= 0.6 is 0 Å². The van der Waals surface area contributed by atoms with Crippen molar-refractivity contribution in [1.29, 1.82) is 0 Å². The molecule has 0 aliphatic heterocycles. The van der Waals surface area contributed by atoms with Gasteiger partial charge in [0.2, 0.25) is 0 Å². The van der Waals surface area contributed by atoms with Crippen LogP contribution in [0.3, 0.4) is 0 Å². The molecule has 2 aromatic carbocycles. The number of anilines is 1. The molecule has 1 saturated carbocycles. The number of sulfone groups is 1. The lowest BCUT2D eigenvalue weighted by Gasteiger charge is -2.15. The van der Waals surface area contributed by atoms with Crippen LogP contribution in [0.2, 0.25) is 0 Å². The summed E-state index contributed by atoms with van der Waals surface area (Å²) < 4.78 is 24.3. The zero-order valence-corrected chi connectivity index (χ0v) is 21.1. The van der Waals surface area contributed by atoms with E-state index in [0.717, 1.165) is 39.7 Å². The molecule has 3 heterocycles. The van der Waals surface area contributed by atoms with Crippen molar-refractivity contribution in [3.8, 4) is 22.5 Å². The molecule has 1 aliphatic carbocycles. The first-order chi connectivity index (χ1) is 18.0. The number of rotatable bonds is 7. The fourth-order valence-corrected chi connectivity index (χ4v) is 5.01. The molecule has 1 aliphatic rings. The number of nitrogens with zero attached hydrogens (tertiary/aromatic N) is 4. The maximum Gasteiger partial charge on any atom is 0.177 e. The summed E-state index contributed by atoms with van der Waals surface area (Å²) >= 11 is 0. The lowest BCUT2D eigenvalue weighted by Crippen LogP contribution is -2.07. The van der Waals surface area contributed by atoms with Crippen molar-refractivity contribution in [2.24, 2.45) is 0 Å². The topological polar surface area (TPSA) is 97.7 Å². The molecule has 37 heavy (non-hydrogen) atoms. The lowest BCUT2D eigenvalue weighted by atomic mass is 10.0. The number of fused-ring (bicyclic) bond motifs is 1. The molecular weight excluding hydrogens is 482 g/mol. The first-order valence-corrected chi connectivity index (χ1v) is 14.1. The molecule has 6 rings (SSSR count). The van der Waals surface area contributed by atoms with Gasteiger partial charge >= 0.3 is 0 Å². The molecule has 0 unspecified atom stereocenters. The average molecular weight is 508 g/mol. The third-order valence-corrected chi connectivity index (χ3v) is 7.55. The molecule has 0 saturated heterocycles. The van der Waals surface area contributed by atoms with Gasteiger partial charge in [0.25, 0.3) is 0 Å². The van der Waals surface area contributed by atoms with Gasteiger partial charge in [-0.3, -0.25) is 9.97 Å². The largest absolute Gasteiger partial charge is 0.364 e. The lowest BCUT2D eigenvalue weighted by molar-refractivity contribution is 0.601. The number of hydrogen-bond donors (Lipinski definition) is 1. The zero-order valence-electron chi connectivity index (χ0n) is 20.3. The third-order valence-electron chi connectivity index (χ3n) is 6.47. The van der Waals surface area contributed by atoms with Gasteiger partial charge < -0.3 is 5.32 Å². The Morgan fingerprint density at radius 3 is 2.46 bits per heavy atom. The fraction of sp³-hybridized carbons (Fsp3) is 0.172. The van der Waals surface area contributed by atoms with Crippen molar-refractivity contribution in [2.75, 3.05) is 11.6 Å². The summed E-state index contributed by atoms with van der Waals surface area (Å²) in [5.74, 6) is 1.63. The maximum absolute atomic E-state index is 12.1. The molecule has 0 radical (unpaired) electrons. The van der Waals surface area contributed by atoms with Crippen LogP contribution in [0, 0.1) is 0 Å². The van der Waals surface area contributed by atoms with Gasteiger partial charge in [0.05, 0.1) is 28.0 Å². The number of aromatic nitrogens is 4. The molecule has 8 heteroatoms. The SMILES string of the molecule is CS(=O)(=O)c1cncc(-c2nc(NCc3cccc(C4CC4)n3)c3c(-c4ccccc4)cccc3n2)c1. The Kier molecular flexibility index (Phi) is 5.88. The number of benzene rings is 2. The van der Waals surface area contributed by atoms with E-state index in [-0.39, 0.29) is 4.90 Å². The molecule has 3 aromatic heterocycles. The van der Waals surface area contributed by atoms with Crippen molar-refractivity contribution in [2.45, 2.75) is 30.2 Å². The number of pyridine rings is 2. The molecule has 0 bridgehead atoms. The fourth-order valence-electron chi connectivity index (χ4n) is 4.42. The van der Waals surface area contributed by atoms with Crippen molar-refractivity contribution in [3.05, 3.63) is 96.6 Å². The average Bonchev–Trinajstić information content (AvgIpc) is 3.77. The van der Waals surface area contributed by atoms with E-state index in [1.165, 1.54) is 19.0 Å². The van der Waals surface area contributed by atoms with Crippen LogP contribution in [0.15, 0.2) is 90.1 Å². The van der Waals surface area contributed by atoms with Gasteiger partial charge in [-0.2, -0.15) is 0 Å². The molecule has 0 spiro atoms. The quantitative estimate of drug-likeness (QED) is 0.304. The summed E-state index contributed by atoms with van der Waals surface area (Å²) in [5.41, 5.74) is 5.43.